The second-order valence-electron chi connectivity index (χ2n) is 4.03. The van der Waals surface area contributed by atoms with Gasteiger partial charge < -0.3 is 15.0 Å². The summed E-state index contributed by atoms with van der Waals surface area (Å²) in [5.41, 5.74) is 1.76. The third-order valence-corrected chi connectivity index (χ3v) is 2.92. The van der Waals surface area contributed by atoms with Gasteiger partial charge in [0.1, 0.15) is 11.4 Å². The number of anilines is 2. The summed E-state index contributed by atoms with van der Waals surface area (Å²) in [5, 5.41) is 3.27. The van der Waals surface area contributed by atoms with Crippen LogP contribution in [0, 0.1) is 5.92 Å². The Bertz CT molecular complexity index is 417. The number of rotatable bonds is 1. The highest BCUT2D eigenvalue weighted by Crippen LogP contribution is 2.36. The van der Waals surface area contributed by atoms with E-state index in [9.17, 15) is 4.79 Å². The number of para-hydroxylation sites is 1. The smallest absolute Gasteiger partial charge is 0.231 e. The molecular weight excluding hydrogens is 204 g/mol. The van der Waals surface area contributed by atoms with Crippen LogP contribution in [0.3, 0.4) is 0 Å². The molecule has 4 nitrogen and oxygen atoms in total. The molecule has 1 atom stereocenters. The lowest BCUT2D eigenvalue weighted by atomic mass is 10.1. The average Bonchev–Trinajstić information content (AvgIpc) is 2.42. The number of nitrogens with zero attached hydrogens (tertiary/aromatic N) is 1. The van der Waals surface area contributed by atoms with Crippen LogP contribution in [0.25, 0.3) is 0 Å². The van der Waals surface area contributed by atoms with Crippen molar-refractivity contribution in [2.24, 2.45) is 5.92 Å². The number of methoxy groups -OCH3 is 1. The van der Waals surface area contributed by atoms with Gasteiger partial charge in [-0.05, 0) is 12.1 Å². The summed E-state index contributed by atoms with van der Waals surface area (Å²) in [6.45, 7) is 2.56. The van der Waals surface area contributed by atoms with Crippen LogP contribution in [0.2, 0.25) is 0 Å². The quantitative estimate of drug-likeness (QED) is 0.783. The van der Waals surface area contributed by atoms with Gasteiger partial charge in [0.05, 0.1) is 18.7 Å². The largest absolute Gasteiger partial charge is 0.495 e. The van der Waals surface area contributed by atoms with Crippen LogP contribution in [-0.2, 0) is 4.79 Å². The van der Waals surface area contributed by atoms with Crippen molar-refractivity contribution in [2.75, 3.05) is 30.9 Å². The number of carbonyl (C=O) groups excluding carboxylic acids is 1. The minimum absolute atomic E-state index is 0.0258. The molecule has 86 valence electrons. The van der Waals surface area contributed by atoms with E-state index in [1.54, 1.807) is 19.1 Å². The molecule has 0 aromatic heterocycles. The summed E-state index contributed by atoms with van der Waals surface area (Å²) in [5.74, 6) is 0.868. The Hall–Kier alpha value is -1.71. The summed E-state index contributed by atoms with van der Waals surface area (Å²) < 4.78 is 5.29. The number of hydrogen-bond acceptors (Lipinski definition) is 3. The van der Waals surface area contributed by atoms with Crippen LogP contribution in [0.1, 0.15) is 6.92 Å². The number of carbonyl (C=O) groups is 1. The first-order chi connectivity index (χ1) is 7.65. The van der Waals surface area contributed by atoms with Crippen molar-refractivity contribution in [1.82, 2.24) is 0 Å². The van der Waals surface area contributed by atoms with E-state index in [2.05, 4.69) is 5.32 Å². The molecule has 0 fully saturated rings. The van der Waals surface area contributed by atoms with Gasteiger partial charge in [-0.15, -0.1) is 0 Å². The molecule has 1 N–H and O–H groups in total. The highest BCUT2D eigenvalue weighted by atomic mass is 16.5. The van der Waals surface area contributed by atoms with Crippen molar-refractivity contribution in [3.8, 4) is 5.75 Å². The van der Waals surface area contributed by atoms with Gasteiger partial charge in [-0.1, -0.05) is 13.0 Å². The second-order valence-corrected chi connectivity index (χ2v) is 4.03. The van der Waals surface area contributed by atoms with Crippen LogP contribution in [0.5, 0.6) is 5.75 Å². The van der Waals surface area contributed by atoms with E-state index in [1.165, 1.54) is 0 Å². The van der Waals surface area contributed by atoms with Crippen LogP contribution < -0.4 is 15.0 Å². The normalized spacial score (nSPS) is 19.8. The molecule has 0 radical (unpaired) electrons. The lowest BCUT2D eigenvalue weighted by molar-refractivity contribution is -0.121. The van der Waals surface area contributed by atoms with Crippen molar-refractivity contribution in [3.05, 3.63) is 18.2 Å². The molecule has 4 heteroatoms. The minimum Gasteiger partial charge on any atom is -0.495 e. The minimum atomic E-state index is -0.0258. The van der Waals surface area contributed by atoms with E-state index in [0.717, 1.165) is 17.1 Å². The Kier molecular flexibility index (Phi) is 2.73. The molecule has 0 saturated heterocycles. The SMILES string of the molecule is COc1cccc2c1NCC(C)C(=O)N2C. The zero-order valence-corrected chi connectivity index (χ0v) is 9.78. The van der Waals surface area contributed by atoms with Crippen molar-refractivity contribution >= 4 is 17.3 Å². The molecule has 1 aromatic carbocycles. The van der Waals surface area contributed by atoms with E-state index < -0.39 is 0 Å². The Morgan fingerprint density at radius 3 is 2.94 bits per heavy atom. The number of ether oxygens (including phenoxy) is 1. The van der Waals surface area contributed by atoms with E-state index >= 15 is 0 Å². The summed E-state index contributed by atoms with van der Waals surface area (Å²) in [6, 6.07) is 5.69. The maximum absolute atomic E-state index is 12.0. The summed E-state index contributed by atoms with van der Waals surface area (Å²) in [6.07, 6.45) is 0. The van der Waals surface area contributed by atoms with Gasteiger partial charge in [-0.3, -0.25) is 4.79 Å². The lowest BCUT2D eigenvalue weighted by Crippen LogP contribution is -2.31. The zero-order valence-electron chi connectivity index (χ0n) is 9.78. The maximum Gasteiger partial charge on any atom is 0.231 e. The van der Waals surface area contributed by atoms with Crippen molar-refractivity contribution in [2.45, 2.75) is 6.92 Å². The van der Waals surface area contributed by atoms with Crippen molar-refractivity contribution in [3.63, 3.8) is 0 Å². The average molecular weight is 220 g/mol. The Balaban J connectivity index is 2.51. The van der Waals surface area contributed by atoms with Gasteiger partial charge in [-0.2, -0.15) is 0 Å². The molecule has 0 saturated carbocycles. The maximum atomic E-state index is 12.0. The molecular formula is C12H16N2O2. The number of hydrogen-bond donors (Lipinski definition) is 1. The molecule has 1 unspecified atom stereocenters. The van der Waals surface area contributed by atoms with Gasteiger partial charge in [0.15, 0.2) is 0 Å². The fraction of sp³-hybridized carbons (Fsp3) is 0.417. The van der Waals surface area contributed by atoms with Crippen LogP contribution in [-0.4, -0.2) is 26.6 Å². The molecule has 1 aliphatic rings. The molecule has 1 amide bonds. The van der Waals surface area contributed by atoms with Crippen molar-refractivity contribution in [1.29, 1.82) is 0 Å². The molecule has 0 spiro atoms. The Morgan fingerprint density at radius 2 is 2.25 bits per heavy atom. The Morgan fingerprint density at radius 1 is 1.50 bits per heavy atom. The van der Waals surface area contributed by atoms with Crippen LogP contribution >= 0.6 is 0 Å². The van der Waals surface area contributed by atoms with Gasteiger partial charge in [0, 0.05) is 13.6 Å². The molecule has 1 heterocycles. The predicted octanol–water partition coefficient (Wildman–Crippen LogP) is 1.72. The highest BCUT2D eigenvalue weighted by molar-refractivity contribution is 6.00. The van der Waals surface area contributed by atoms with Crippen molar-refractivity contribution < 1.29 is 9.53 Å². The van der Waals surface area contributed by atoms with E-state index in [-0.39, 0.29) is 11.8 Å². The number of fused-ring (bicyclic) bond motifs is 1. The van der Waals surface area contributed by atoms with Crippen LogP contribution in [0.15, 0.2) is 18.2 Å². The Labute approximate surface area is 95.2 Å². The monoisotopic (exact) mass is 220 g/mol. The third kappa shape index (κ3) is 1.60. The number of amides is 1. The summed E-state index contributed by atoms with van der Waals surface area (Å²) >= 11 is 0. The lowest BCUT2D eigenvalue weighted by Gasteiger charge is -2.19. The first kappa shape index (κ1) is 10.8. The van der Waals surface area contributed by atoms with Crippen LogP contribution in [0.4, 0.5) is 11.4 Å². The molecule has 16 heavy (non-hydrogen) atoms. The zero-order chi connectivity index (χ0) is 11.7. The van der Waals surface area contributed by atoms with Gasteiger partial charge in [-0.25, -0.2) is 0 Å². The fourth-order valence-electron chi connectivity index (χ4n) is 1.94. The van der Waals surface area contributed by atoms with E-state index in [0.29, 0.717) is 6.54 Å². The topological polar surface area (TPSA) is 41.6 Å². The molecule has 0 aliphatic carbocycles. The van der Waals surface area contributed by atoms with Gasteiger partial charge in [0.25, 0.3) is 0 Å². The standard InChI is InChI=1S/C12H16N2O2/c1-8-7-13-11-9(14(2)12(8)15)5-4-6-10(11)16-3/h4-6,8,13H,7H2,1-3H3. The molecule has 1 aliphatic heterocycles. The summed E-state index contributed by atoms with van der Waals surface area (Å²) in [4.78, 5) is 13.6. The highest BCUT2D eigenvalue weighted by Gasteiger charge is 2.26. The number of benzene rings is 1. The first-order valence-electron chi connectivity index (χ1n) is 5.33. The number of nitrogens with one attached hydrogen (secondary N) is 1. The molecule has 2 rings (SSSR count). The third-order valence-electron chi connectivity index (χ3n) is 2.92. The van der Waals surface area contributed by atoms with E-state index in [4.69, 9.17) is 4.74 Å². The molecule has 0 bridgehead atoms. The predicted molar refractivity (Wildman–Crippen MR) is 64.1 cm³/mol. The summed E-state index contributed by atoms with van der Waals surface area (Å²) in [7, 11) is 3.43. The first-order valence-corrected chi connectivity index (χ1v) is 5.33. The van der Waals surface area contributed by atoms with Gasteiger partial charge >= 0.3 is 0 Å². The second kappa shape index (κ2) is 4.04. The molecule has 1 aromatic rings. The van der Waals surface area contributed by atoms with Gasteiger partial charge in [0.2, 0.25) is 5.91 Å². The van der Waals surface area contributed by atoms with E-state index in [1.807, 2.05) is 25.1 Å². The fourth-order valence-corrected chi connectivity index (χ4v) is 1.94.